The molecule has 2 aromatic heterocycles. The summed E-state index contributed by atoms with van der Waals surface area (Å²) in [5, 5.41) is 4.23. The lowest BCUT2D eigenvalue weighted by molar-refractivity contribution is 0.112. The van der Waals surface area contributed by atoms with Gasteiger partial charge >= 0.3 is 0 Å². The topological polar surface area (TPSA) is 81.9 Å². The Kier molecular flexibility index (Phi) is 4.34. The number of aldehydes is 1. The van der Waals surface area contributed by atoms with Crippen molar-refractivity contribution in [2.24, 2.45) is 0 Å². The zero-order chi connectivity index (χ0) is 14.8. The molecule has 0 aliphatic heterocycles. The summed E-state index contributed by atoms with van der Waals surface area (Å²) in [6.45, 7) is 0.205. The van der Waals surface area contributed by atoms with Crippen molar-refractivity contribution in [3.05, 3.63) is 34.6 Å². The first-order chi connectivity index (χ1) is 9.39. The zero-order valence-electron chi connectivity index (χ0n) is 10.7. The highest BCUT2D eigenvalue weighted by atomic mass is 79.9. The summed E-state index contributed by atoms with van der Waals surface area (Å²) in [6.07, 6.45) is 4.98. The van der Waals surface area contributed by atoms with Crippen molar-refractivity contribution in [3.63, 3.8) is 0 Å². The molecule has 2 rings (SSSR count). The molecule has 8 heteroatoms. The van der Waals surface area contributed by atoms with Crippen molar-refractivity contribution in [1.82, 2.24) is 14.8 Å². The second-order valence-electron chi connectivity index (χ2n) is 4.31. The lowest BCUT2D eigenvalue weighted by Crippen LogP contribution is -2.11. The van der Waals surface area contributed by atoms with E-state index in [1.807, 2.05) is 0 Å². The minimum absolute atomic E-state index is 0.0276. The average Bonchev–Trinajstić information content (AvgIpc) is 2.80. The van der Waals surface area contributed by atoms with E-state index in [2.05, 4.69) is 26.0 Å². The van der Waals surface area contributed by atoms with Crippen molar-refractivity contribution >= 4 is 32.1 Å². The maximum absolute atomic E-state index is 11.1. The van der Waals surface area contributed by atoms with Crippen LogP contribution in [0, 0.1) is 0 Å². The van der Waals surface area contributed by atoms with Gasteiger partial charge in [0.25, 0.3) is 0 Å². The van der Waals surface area contributed by atoms with Crippen molar-refractivity contribution in [1.29, 1.82) is 0 Å². The largest absolute Gasteiger partial charge is 0.298 e. The first-order valence-corrected chi connectivity index (χ1v) is 8.57. The van der Waals surface area contributed by atoms with Crippen molar-refractivity contribution in [2.45, 2.75) is 6.54 Å². The van der Waals surface area contributed by atoms with Gasteiger partial charge in [-0.05, 0) is 28.1 Å². The van der Waals surface area contributed by atoms with Gasteiger partial charge in [0.05, 0.1) is 23.6 Å². The number of pyridine rings is 1. The maximum Gasteiger partial charge on any atom is 0.153 e. The second-order valence-corrected chi connectivity index (χ2v) is 7.48. The summed E-state index contributed by atoms with van der Waals surface area (Å²) in [4.78, 5) is 15.3. The monoisotopic (exact) mass is 357 g/mol. The van der Waals surface area contributed by atoms with E-state index in [1.54, 1.807) is 18.3 Å². The summed E-state index contributed by atoms with van der Waals surface area (Å²) in [7, 11) is -3.07. The number of nitrogens with zero attached hydrogens (tertiary/aromatic N) is 3. The first-order valence-electron chi connectivity index (χ1n) is 5.71. The van der Waals surface area contributed by atoms with Crippen molar-refractivity contribution in [3.8, 4) is 11.4 Å². The molecule has 0 atom stereocenters. The van der Waals surface area contributed by atoms with Crippen LogP contribution >= 0.6 is 15.9 Å². The molecule has 6 nitrogen and oxygen atoms in total. The molecule has 0 aliphatic carbocycles. The Hall–Kier alpha value is -1.54. The quantitative estimate of drug-likeness (QED) is 0.758. The third-order valence-corrected chi connectivity index (χ3v) is 3.97. The van der Waals surface area contributed by atoms with E-state index in [4.69, 9.17) is 0 Å². The molecule has 2 heterocycles. The first kappa shape index (κ1) is 14.9. The van der Waals surface area contributed by atoms with E-state index in [1.165, 1.54) is 10.9 Å². The second kappa shape index (κ2) is 5.84. The van der Waals surface area contributed by atoms with E-state index in [-0.39, 0.29) is 12.3 Å². The fourth-order valence-electron chi connectivity index (χ4n) is 1.61. The molecule has 2 aromatic rings. The molecule has 0 fully saturated rings. The molecule has 0 saturated carbocycles. The van der Waals surface area contributed by atoms with E-state index in [0.717, 1.165) is 10.7 Å². The number of aromatic nitrogens is 3. The molecule has 0 amide bonds. The third-order valence-electron chi connectivity index (χ3n) is 2.58. The van der Waals surface area contributed by atoms with Crippen molar-refractivity contribution < 1.29 is 13.2 Å². The van der Waals surface area contributed by atoms with E-state index < -0.39 is 9.84 Å². The van der Waals surface area contributed by atoms with Crippen LogP contribution in [0.5, 0.6) is 0 Å². The van der Waals surface area contributed by atoms with Gasteiger partial charge in [-0.25, -0.2) is 8.42 Å². The number of carbonyl (C=O) groups excluding carboxylic acids is 1. The molecular formula is C12H12BrN3O3S. The van der Waals surface area contributed by atoms with E-state index in [0.29, 0.717) is 23.2 Å². The molecule has 0 bridgehead atoms. The summed E-state index contributed by atoms with van der Waals surface area (Å²) in [6, 6.07) is 3.53. The molecule has 0 aliphatic rings. The molecule has 0 spiro atoms. The van der Waals surface area contributed by atoms with Gasteiger partial charge in [-0.3, -0.25) is 14.5 Å². The predicted octanol–water partition coefficient (Wildman–Crippen LogP) is 1.56. The number of hydrogen-bond acceptors (Lipinski definition) is 5. The number of sulfone groups is 1. The molecule has 0 saturated heterocycles. The third kappa shape index (κ3) is 3.73. The molecule has 20 heavy (non-hydrogen) atoms. The minimum atomic E-state index is -3.07. The SMILES string of the molecule is CS(=O)(=O)CCn1cc(C=O)c(-c2ccc(Br)cn2)n1. The summed E-state index contributed by atoms with van der Waals surface area (Å²) in [5.74, 6) is -0.0276. The van der Waals surface area contributed by atoms with E-state index in [9.17, 15) is 13.2 Å². The Balaban J connectivity index is 2.31. The van der Waals surface area contributed by atoms with Crippen molar-refractivity contribution in [2.75, 3.05) is 12.0 Å². The Morgan fingerprint density at radius 2 is 2.15 bits per heavy atom. The van der Waals surface area contributed by atoms with Crippen LogP contribution in [-0.2, 0) is 16.4 Å². The number of hydrogen-bond donors (Lipinski definition) is 0. The van der Waals surface area contributed by atoms with E-state index >= 15 is 0 Å². The fraction of sp³-hybridized carbons (Fsp3) is 0.250. The number of rotatable bonds is 5. The maximum atomic E-state index is 11.1. The van der Waals surface area contributed by atoms with Gasteiger partial charge in [-0.15, -0.1) is 0 Å². The molecule has 0 aromatic carbocycles. The van der Waals surface area contributed by atoms with Gasteiger partial charge in [0.1, 0.15) is 15.5 Å². The Labute approximate surface area is 124 Å². The Bertz CT molecular complexity index is 723. The highest BCUT2D eigenvalue weighted by Crippen LogP contribution is 2.20. The van der Waals surface area contributed by atoms with Crippen LogP contribution in [0.2, 0.25) is 0 Å². The molecule has 0 radical (unpaired) electrons. The smallest absolute Gasteiger partial charge is 0.153 e. The van der Waals surface area contributed by atoms with Gasteiger partial charge < -0.3 is 0 Å². The lowest BCUT2D eigenvalue weighted by Gasteiger charge is -1.99. The van der Waals surface area contributed by atoms with Crippen LogP contribution in [0.25, 0.3) is 11.4 Å². The Morgan fingerprint density at radius 3 is 2.70 bits per heavy atom. The van der Waals surface area contributed by atoms with Gasteiger partial charge in [-0.1, -0.05) is 0 Å². The normalized spacial score (nSPS) is 11.5. The highest BCUT2D eigenvalue weighted by Gasteiger charge is 2.13. The van der Waals surface area contributed by atoms with Gasteiger partial charge in [-0.2, -0.15) is 5.10 Å². The van der Waals surface area contributed by atoms with Crippen LogP contribution in [0.15, 0.2) is 29.0 Å². The predicted molar refractivity (Wildman–Crippen MR) is 78.3 cm³/mol. The minimum Gasteiger partial charge on any atom is -0.298 e. The molecule has 0 N–H and O–H groups in total. The zero-order valence-corrected chi connectivity index (χ0v) is 13.1. The number of halogens is 1. The van der Waals surface area contributed by atoms with Crippen LogP contribution in [0.1, 0.15) is 10.4 Å². The van der Waals surface area contributed by atoms with Crippen LogP contribution in [0.4, 0.5) is 0 Å². The molecular weight excluding hydrogens is 346 g/mol. The van der Waals surface area contributed by atoms with Crippen LogP contribution in [0.3, 0.4) is 0 Å². The van der Waals surface area contributed by atoms with Gasteiger partial charge in [0.2, 0.25) is 0 Å². The fourth-order valence-corrected chi connectivity index (χ4v) is 2.37. The summed E-state index contributed by atoms with van der Waals surface area (Å²) >= 11 is 3.28. The summed E-state index contributed by atoms with van der Waals surface area (Å²) < 4.78 is 24.6. The van der Waals surface area contributed by atoms with Gasteiger partial charge in [0, 0.05) is 23.1 Å². The summed E-state index contributed by atoms with van der Waals surface area (Å²) in [5.41, 5.74) is 1.39. The lowest BCUT2D eigenvalue weighted by atomic mass is 10.2. The van der Waals surface area contributed by atoms with Gasteiger partial charge in [0.15, 0.2) is 6.29 Å². The van der Waals surface area contributed by atoms with Crippen LogP contribution < -0.4 is 0 Å². The number of aryl methyl sites for hydroxylation is 1. The van der Waals surface area contributed by atoms with Crippen LogP contribution in [-0.4, -0.2) is 41.5 Å². The Morgan fingerprint density at radius 1 is 1.40 bits per heavy atom. The number of carbonyl (C=O) groups is 1. The standard InChI is InChI=1S/C12H12BrN3O3S/c1-20(18,19)5-4-16-7-9(8-17)12(15-16)11-3-2-10(13)6-14-11/h2-3,6-8H,4-5H2,1H3. The molecule has 0 unspecified atom stereocenters. The average molecular weight is 358 g/mol. The molecule has 106 valence electrons. The highest BCUT2D eigenvalue weighted by molar-refractivity contribution is 9.10.